The normalized spacial score (nSPS) is 39.9. The molecule has 0 aliphatic heterocycles. The fourth-order valence-electron chi connectivity index (χ4n) is 5.78. The van der Waals surface area contributed by atoms with Crippen LogP contribution in [0, 0.1) is 29.6 Å². The molecule has 0 spiro atoms. The van der Waals surface area contributed by atoms with Crippen molar-refractivity contribution in [2.75, 3.05) is 0 Å². The molecule has 1 heterocycles. The summed E-state index contributed by atoms with van der Waals surface area (Å²) in [7, 11) is 0. The molecule has 4 aliphatic rings. The maximum Gasteiger partial charge on any atom is 0.305 e. The number of carboxylic acid groups (broad SMARTS) is 1. The molecule has 108 valence electrons. The zero-order valence-corrected chi connectivity index (χ0v) is 11.8. The van der Waals surface area contributed by atoms with Crippen LogP contribution in [0.5, 0.6) is 0 Å². The molecule has 3 nitrogen and oxygen atoms in total. The van der Waals surface area contributed by atoms with Gasteiger partial charge >= 0.3 is 5.97 Å². The zero-order valence-electron chi connectivity index (χ0n) is 11.8. The standard InChI is InChI=1S/C17H23NO2/c19-16(20)10-15(18-3-1-2-4-18)17-13-6-11-5-12(8-13)9-14(17)7-11/h1-4,11-15,17H,5-10H2,(H,19,20). The average Bonchev–Trinajstić information content (AvgIpc) is 2.89. The lowest BCUT2D eigenvalue weighted by Crippen LogP contribution is -2.48. The van der Waals surface area contributed by atoms with Gasteiger partial charge in [-0.1, -0.05) is 0 Å². The lowest BCUT2D eigenvalue weighted by Gasteiger charge is -2.56. The maximum atomic E-state index is 11.3. The predicted octanol–water partition coefficient (Wildman–Crippen LogP) is 3.58. The van der Waals surface area contributed by atoms with E-state index in [1.54, 1.807) is 0 Å². The van der Waals surface area contributed by atoms with Gasteiger partial charge in [0.15, 0.2) is 0 Å². The van der Waals surface area contributed by atoms with Crippen LogP contribution in [0.1, 0.15) is 44.6 Å². The largest absolute Gasteiger partial charge is 0.481 e. The third-order valence-electron chi connectivity index (χ3n) is 6.14. The van der Waals surface area contributed by atoms with Gasteiger partial charge in [-0.2, -0.15) is 0 Å². The van der Waals surface area contributed by atoms with Crippen molar-refractivity contribution in [3.05, 3.63) is 24.5 Å². The van der Waals surface area contributed by atoms with Gasteiger partial charge in [0.1, 0.15) is 0 Å². The summed E-state index contributed by atoms with van der Waals surface area (Å²) in [6, 6.07) is 4.20. The summed E-state index contributed by atoms with van der Waals surface area (Å²) in [5, 5.41) is 9.32. The molecule has 0 saturated heterocycles. The number of hydrogen-bond donors (Lipinski definition) is 1. The first-order valence-electron chi connectivity index (χ1n) is 8.05. The first-order chi connectivity index (χ1) is 9.70. The SMILES string of the molecule is O=C(O)CC(C1C2CC3CC(C2)CC1C3)n1cccc1. The van der Waals surface area contributed by atoms with Crippen LogP contribution < -0.4 is 0 Å². The Balaban J connectivity index is 1.64. The Kier molecular flexibility index (Phi) is 2.90. The summed E-state index contributed by atoms with van der Waals surface area (Å²) in [6.07, 6.45) is 11.3. The van der Waals surface area contributed by atoms with E-state index in [9.17, 15) is 9.90 Å². The molecule has 4 aliphatic carbocycles. The van der Waals surface area contributed by atoms with E-state index in [2.05, 4.69) is 17.0 Å². The molecule has 4 saturated carbocycles. The molecule has 1 N–H and O–H groups in total. The highest BCUT2D eigenvalue weighted by Crippen LogP contribution is 2.59. The van der Waals surface area contributed by atoms with Crippen LogP contribution in [0.25, 0.3) is 0 Å². The van der Waals surface area contributed by atoms with Crippen LogP contribution in [-0.4, -0.2) is 15.6 Å². The van der Waals surface area contributed by atoms with Crippen LogP contribution >= 0.6 is 0 Å². The summed E-state index contributed by atoms with van der Waals surface area (Å²) >= 11 is 0. The van der Waals surface area contributed by atoms with Gasteiger partial charge in [0.05, 0.1) is 6.42 Å². The summed E-state index contributed by atoms with van der Waals surface area (Å²) in [4.78, 5) is 11.3. The molecule has 0 amide bonds. The van der Waals surface area contributed by atoms with Crippen LogP contribution in [0.3, 0.4) is 0 Å². The Morgan fingerprint density at radius 2 is 1.60 bits per heavy atom. The average molecular weight is 273 g/mol. The Morgan fingerprint density at radius 1 is 1.05 bits per heavy atom. The van der Waals surface area contributed by atoms with Crippen LogP contribution in [0.15, 0.2) is 24.5 Å². The highest BCUT2D eigenvalue weighted by Gasteiger charge is 2.51. The van der Waals surface area contributed by atoms with E-state index in [1.165, 1.54) is 32.1 Å². The molecule has 1 aromatic rings. The molecule has 0 radical (unpaired) electrons. The van der Waals surface area contributed by atoms with Gasteiger partial charge in [-0.05, 0) is 73.8 Å². The van der Waals surface area contributed by atoms with Crippen molar-refractivity contribution >= 4 is 5.97 Å². The fourth-order valence-corrected chi connectivity index (χ4v) is 5.78. The van der Waals surface area contributed by atoms with E-state index in [0.29, 0.717) is 5.92 Å². The van der Waals surface area contributed by atoms with Crippen molar-refractivity contribution in [2.24, 2.45) is 29.6 Å². The minimum atomic E-state index is -0.655. The third-order valence-corrected chi connectivity index (χ3v) is 6.14. The third kappa shape index (κ3) is 1.99. The Bertz CT molecular complexity index is 465. The number of carboxylic acids is 1. The van der Waals surface area contributed by atoms with E-state index in [1.807, 2.05) is 12.1 Å². The number of aromatic nitrogens is 1. The second-order valence-corrected chi connectivity index (χ2v) is 7.30. The highest BCUT2D eigenvalue weighted by atomic mass is 16.4. The van der Waals surface area contributed by atoms with Gasteiger partial charge in [-0.3, -0.25) is 4.79 Å². The minimum absolute atomic E-state index is 0.164. The molecular weight excluding hydrogens is 250 g/mol. The van der Waals surface area contributed by atoms with Crippen molar-refractivity contribution < 1.29 is 9.90 Å². The van der Waals surface area contributed by atoms with Gasteiger partial charge in [-0.15, -0.1) is 0 Å². The van der Waals surface area contributed by atoms with Crippen LogP contribution in [-0.2, 0) is 4.79 Å². The highest BCUT2D eigenvalue weighted by molar-refractivity contribution is 5.67. The zero-order chi connectivity index (χ0) is 13.7. The van der Waals surface area contributed by atoms with Crippen molar-refractivity contribution in [2.45, 2.75) is 44.6 Å². The minimum Gasteiger partial charge on any atom is -0.481 e. The number of carbonyl (C=O) groups is 1. The van der Waals surface area contributed by atoms with E-state index in [0.717, 1.165) is 23.7 Å². The summed E-state index contributed by atoms with van der Waals surface area (Å²) in [5.74, 6) is 3.38. The molecule has 4 bridgehead atoms. The first-order valence-corrected chi connectivity index (χ1v) is 8.05. The van der Waals surface area contributed by atoms with Gasteiger partial charge in [0.25, 0.3) is 0 Å². The van der Waals surface area contributed by atoms with Crippen LogP contribution in [0.2, 0.25) is 0 Å². The molecule has 1 atom stereocenters. The molecule has 3 heteroatoms. The summed E-state index contributed by atoms with van der Waals surface area (Å²) < 4.78 is 2.17. The van der Waals surface area contributed by atoms with Crippen molar-refractivity contribution in [3.8, 4) is 0 Å². The fraction of sp³-hybridized carbons (Fsp3) is 0.706. The lowest BCUT2D eigenvalue weighted by atomic mass is 9.50. The van der Waals surface area contributed by atoms with Crippen molar-refractivity contribution in [1.29, 1.82) is 0 Å². The molecule has 0 aromatic carbocycles. The van der Waals surface area contributed by atoms with E-state index in [4.69, 9.17) is 0 Å². The van der Waals surface area contributed by atoms with Crippen molar-refractivity contribution in [1.82, 2.24) is 4.57 Å². The topological polar surface area (TPSA) is 42.2 Å². The Labute approximate surface area is 120 Å². The number of aliphatic carboxylic acids is 1. The quantitative estimate of drug-likeness (QED) is 0.911. The smallest absolute Gasteiger partial charge is 0.305 e. The van der Waals surface area contributed by atoms with Gasteiger partial charge < -0.3 is 9.67 Å². The molecule has 1 aromatic heterocycles. The molecule has 4 fully saturated rings. The number of nitrogens with zero attached hydrogens (tertiary/aromatic N) is 1. The number of hydrogen-bond acceptors (Lipinski definition) is 1. The first kappa shape index (κ1) is 12.5. The van der Waals surface area contributed by atoms with Crippen molar-refractivity contribution in [3.63, 3.8) is 0 Å². The molecule has 1 unspecified atom stereocenters. The second kappa shape index (κ2) is 4.64. The van der Waals surface area contributed by atoms with E-state index >= 15 is 0 Å². The van der Waals surface area contributed by atoms with Gasteiger partial charge in [0, 0.05) is 18.4 Å². The summed E-state index contributed by atoms with van der Waals surface area (Å²) in [6.45, 7) is 0. The lowest BCUT2D eigenvalue weighted by molar-refractivity contribution is -0.140. The molecule has 5 rings (SSSR count). The monoisotopic (exact) mass is 273 g/mol. The van der Waals surface area contributed by atoms with Gasteiger partial charge in [0.2, 0.25) is 0 Å². The summed E-state index contributed by atoms with van der Waals surface area (Å²) in [5.41, 5.74) is 0. The Morgan fingerprint density at radius 3 is 2.10 bits per heavy atom. The second-order valence-electron chi connectivity index (χ2n) is 7.30. The Hall–Kier alpha value is -1.25. The predicted molar refractivity (Wildman–Crippen MR) is 76.3 cm³/mol. The van der Waals surface area contributed by atoms with E-state index in [-0.39, 0.29) is 12.5 Å². The maximum absolute atomic E-state index is 11.3. The van der Waals surface area contributed by atoms with E-state index < -0.39 is 5.97 Å². The van der Waals surface area contributed by atoms with Crippen LogP contribution in [0.4, 0.5) is 0 Å². The van der Waals surface area contributed by atoms with Gasteiger partial charge in [-0.25, -0.2) is 0 Å². The molecular formula is C17H23NO2. The molecule has 20 heavy (non-hydrogen) atoms. The number of rotatable bonds is 4.